The van der Waals surface area contributed by atoms with E-state index >= 15 is 0 Å². The number of guanidine groups is 2. The second kappa shape index (κ2) is 8.63. The van der Waals surface area contributed by atoms with Crippen LogP contribution in [0.2, 0.25) is 5.02 Å². The topological polar surface area (TPSA) is 88.8 Å². The van der Waals surface area contributed by atoms with Crippen LogP contribution in [0.5, 0.6) is 0 Å². The monoisotopic (exact) mass is 323 g/mol. The lowest BCUT2D eigenvalue weighted by Crippen LogP contribution is -2.26. The number of aliphatic imine (C=N–C) groups is 2. The highest BCUT2D eigenvalue weighted by atomic mass is 35.5. The molecule has 1 rings (SSSR count). The number of hydrogen-bond donors (Lipinski definition) is 3. The summed E-state index contributed by atoms with van der Waals surface area (Å²) in [6.07, 6.45) is 3.26. The first-order valence-corrected chi connectivity index (χ1v) is 7.87. The fourth-order valence-corrected chi connectivity index (χ4v) is 1.92. The summed E-state index contributed by atoms with van der Waals surface area (Å²) in [5, 5.41) is 3.60. The van der Waals surface area contributed by atoms with Crippen molar-refractivity contribution in [1.82, 2.24) is 0 Å². The number of nitrogens with zero attached hydrogens (tertiary/aromatic N) is 2. The summed E-state index contributed by atoms with van der Waals surface area (Å²) in [6.45, 7) is 7.37. The van der Waals surface area contributed by atoms with Gasteiger partial charge >= 0.3 is 0 Å². The third-order valence-corrected chi connectivity index (χ3v) is 3.85. The first kappa shape index (κ1) is 18.3. The van der Waals surface area contributed by atoms with Gasteiger partial charge in [-0.25, -0.2) is 0 Å². The normalized spacial score (nSPS) is 13.3. The Morgan fingerprint density at radius 3 is 2.45 bits per heavy atom. The first-order chi connectivity index (χ1) is 10.3. The minimum atomic E-state index is 0.188. The molecule has 0 aliphatic heterocycles. The molecule has 0 aromatic heterocycles. The molecule has 0 saturated heterocycles. The largest absolute Gasteiger partial charge is 0.369 e. The van der Waals surface area contributed by atoms with Crippen LogP contribution >= 0.6 is 11.6 Å². The number of halogens is 1. The van der Waals surface area contributed by atoms with Gasteiger partial charge in [0, 0.05) is 17.3 Å². The number of benzene rings is 1. The number of hydrogen-bond acceptors (Lipinski definition) is 1. The van der Waals surface area contributed by atoms with Crippen LogP contribution in [-0.2, 0) is 0 Å². The smallest absolute Gasteiger partial charge is 0.218 e. The third-order valence-electron chi connectivity index (χ3n) is 3.59. The highest BCUT2D eigenvalue weighted by molar-refractivity contribution is 6.30. The van der Waals surface area contributed by atoms with Crippen molar-refractivity contribution in [3.8, 4) is 0 Å². The number of rotatable bonds is 6. The quantitative estimate of drug-likeness (QED) is 0.424. The molecular formula is C16H26ClN5. The molecule has 0 heterocycles. The zero-order chi connectivity index (χ0) is 16.6. The molecule has 0 aliphatic rings. The third kappa shape index (κ3) is 7.31. The molecule has 5 N–H and O–H groups in total. The van der Waals surface area contributed by atoms with Gasteiger partial charge < -0.3 is 16.8 Å². The van der Waals surface area contributed by atoms with E-state index < -0.39 is 0 Å². The average Bonchev–Trinajstić information content (AvgIpc) is 2.46. The second-order valence-corrected chi connectivity index (χ2v) is 6.43. The van der Waals surface area contributed by atoms with Crippen molar-refractivity contribution in [1.29, 1.82) is 0 Å². The second-order valence-electron chi connectivity index (χ2n) is 5.99. The maximum Gasteiger partial charge on any atom is 0.218 e. The van der Waals surface area contributed by atoms with Gasteiger partial charge in [-0.2, -0.15) is 4.99 Å². The Morgan fingerprint density at radius 1 is 1.23 bits per heavy atom. The molecule has 0 unspecified atom stereocenters. The molecule has 1 aromatic carbocycles. The van der Waals surface area contributed by atoms with Gasteiger partial charge in [-0.3, -0.25) is 4.99 Å². The molecule has 0 saturated carbocycles. The maximum atomic E-state index is 5.82. The SMILES string of the molecule is CCC(C)(C)CCCN=C(N)N=C(N)Nc1ccc(Cl)cc1. The molecule has 122 valence electrons. The Hall–Kier alpha value is -1.75. The molecule has 1 aromatic rings. The van der Waals surface area contributed by atoms with E-state index in [0.29, 0.717) is 17.0 Å². The highest BCUT2D eigenvalue weighted by Crippen LogP contribution is 2.25. The molecule has 0 bridgehead atoms. The lowest BCUT2D eigenvalue weighted by Gasteiger charge is -2.21. The van der Waals surface area contributed by atoms with E-state index in [2.05, 4.69) is 36.1 Å². The standard InChI is InChI=1S/C16H26ClN5/c1-4-16(2,3)10-5-11-20-14(18)22-15(19)21-13-8-6-12(17)7-9-13/h6-9H,4-5,10-11H2,1-3H3,(H5,18,19,20,21,22). The highest BCUT2D eigenvalue weighted by Gasteiger charge is 2.13. The Balaban J connectivity index is 2.45. The van der Waals surface area contributed by atoms with Crippen molar-refractivity contribution in [3.63, 3.8) is 0 Å². The van der Waals surface area contributed by atoms with E-state index in [0.717, 1.165) is 24.9 Å². The molecule has 0 spiro atoms. The molecule has 0 aliphatic carbocycles. The van der Waals surface area contributed by atoms with Gasteiger partial charge in [0.05, 0.1) is 0 Å². The van der Waals surface area contributed by atoms with Crippen LogP contribution < -0.4 is 16.8 Å². The van der Waals surface area contributed by atoms with Gasteiger partial charge in [-0.05, 0) is 42.5 Å². The predicted molar refractivity (Wildman–Crippen MR) is 96.5 cm³/mol. The molecule has 0 radical (unpaired) electrons. The Kier molecular flexibility index (Phi) is 7.18. The van der Waals surface area contributed by atoms with E-state index in [9.17, 15) is 0 Å². The molecule has 22 heavy (non-hydrogen) atoms. The lowest BCUT2D eigenvalue weighted by atomic mass is 9.85. The van der Waals surface area contributed by atoms with Gasteiger partial charge in [0.25, 0.3) is 0 Å². The molecule has 0 amide bonds. The first-order valence-electron chi connectivity index (χ1n) is 7.49. The van der Waals surface area contributed by atoms with Crippen molar-refractivity contribution >= 4 is 29.2 Å². The van der Waals surface area contributed by atoms with Crippen LogP contribution in [0.1, 0.15) is 40.0 Å². The molecule has 0 atom stereocenters. The zero-order valence-corrected chi connectivity index (χ0v) is 14.3. The molecular weight excluding hydrogens is 298 g/mol. The minimum Gasteiger partial charge on any atom is -0.369 e. The van der Waals surface area contributed by atoms with E-state index in [1.807, 2.05) is 12.1 Å². The molecule has 5 nitrogen and oxygen atoms in total. The summed E-state index contributed by atoms with van der Waals surface area (Å²) >= 11 is 5.82. The van der Waals surface area contributed by atoms with Crippen molar-refractivity contribution in [2.45, 2.75) is 40.0 Å². The number of nitrogens with two attached hydrogens (primary N) is 2. The predicted octanol–water partition coefficient (Wildman–Crippen LogP) is 3.60. The fourth-order valence-electron chi connectivity index (χ4n) is 1.80. The minimum absolute atomic E-state index is 0.188. The van der Waals surface area contributed by atoms with Gasteiger partial charge in [0.2, 0.25) is 11.9 Å². The maximum absolute atomic E-state index is 5.82. The molecule has 6 heteroatoms. The van der Waals surface area contributed by atoms with Crippen molar-refractivity contribution < 1.29 is 0 Å². The lowest BCUT2D eigenvalue weighted by molar-refractivity contribution is 0.315. The fraction of sp³-hybridized carbons (Fsp3) is 0.500. The Morgan fingerprint density at radius 2 is 1.86 bits per heavy atom. The average molecular weight is 324 g/mol. The van der Waals surface area contributed by atoms with E-state index in [1.54, 1.807) is 12.1 Å². The van der Waals surface area contributed by atoms with Crippen molar-refractivity contribution in [3.05, 3.63) is 29.3 Å². The van der Waals surface area contributed by atoms with Crippen LogP contribution in [0.3, 0.4) is 0 Å². The van der Waals surface area contributed by atoms with E-state index in [4.69, 9.17) is 23.1 Å². The summed E-state index contributed by atoms with van der Waals surface area (Å²) in [6, 6.07) is 7.16. The van der Waals surface area contributed by atoms with E-state index in [1.165, 1.54) is 0 Å². The van der Waals surface area contributed by atoms with Crippen LogP contribution in [-0.4, -0.2) is 18.5 Å². The Labute approximate surface area is 137 Å². The zero-order valence-electron chi connectivity index (χ0n) is 13.6. The van der Waals surface area contributed by atoms with Crippen LogP contribution in [0.25, 0.3) is 0 Å². The molecule has 0 fully saturated rings. The van der Waals surface area contributed by atoms with Gasteiger partial charge in [0.15, 0.2) is 0 Å². The summed E-state index contributed by atoms with van der Waals surface area (Å²) in [5.74, 6) is 0.394. The summed E-state index contributed by atoms with van der Waals surface area (Å²) in [5.41, 5.74) is 12.7. The Bertz CT molecular complexity index is 520. The number of nitrogens with one attached hydrogen (secondary N) is 1. The van der Waals surface area contributed by atoms with Gasteiger partial charge in [-0.15, -0.1) is 0 Å². The van der Waals surface area contributed by atoms with Crippen LogP contribution in [0.4, 0.5) is 5.69 Å². The van der Waals surface area contributed by atoms with Crippen molar-refractivity contribution in [2.75, 3.05) is 11.9 Å². The summed E-state index contributed by atoms with van der Waals surface area (Å²) in [7, 11) is 0. The number of anilines is 1. The van der Waals surface area contributed by atoms with Crippen LogP contribution in [0, 0.1) is 5.41 Å². The van der Waals surface area contributed by atoms with E-state index in [-0.39, 0.29) is 11.9 Å². The summed E-state index contributed by atoms with van der Waals surface area (Å²) in [4.78, 5) is 8.25. The van der Waals surface area contributed by atoms with Gasteiger partial charge in [-0.1, -0.05) is 38.8 Å². The van der Waals surface area contributed by atoms with Crippen LogP contribution in [0.15, 0.2) is 34.3 Å². The summed E-state index contributed by atoms with van der Waals surface area (Å²) < 4.78 is 0. The van der Waals surface area contributed by atoms with Gasteiger partial charge in [0.1, 0.15) is 0 Å². The van der Waals surface area contributed by atoms with Crippen molar-refractivity contribution in [2.24, 2.45) is 26.9 Å².